The SMILES string of the molecule is O=C(/C=C/c1ccc(OC(F)F)cc1)Nc1ccc(N2CCCCCC2)cc1. The van der Waals surface area contributed by atoms with Crippen molar-refractivity contribution >= 4 is 23.4 Å². The zero-order valence-corrected chi connectivity index (χ0v) is 15.6. The molecule has 148 valence electrons. The van der Waals surface area contributed by atoms with E-state index in [-0.39, 0.29) is 11.7 Å². The van der Waals surface area contributed by atoms with Crippen molar-refractivity contribution in [3.8, 4) is 5.75 Å². The van der Waals surface area contributed by atoms with Crippen LogP contribution in [0, 0.1) is 0 Å². The monoisotopic (exact) mass is 386 g/mol. The summed E-state index contributed by atoms with van der Waals surface area (Å²) in [4.78, 5) is 14.5. The molecule has 0 aliphatic carbocycles. The maximum Gasteiger partial charge on any atom is 0.387 e. The Balaban J connectivity index is 1.53. The molecule has 0 unspecified atom stereocenters. The standard InChI is InChI=1S/C22H24F2N2O2/c23-22(24)28-20-12-5-17(6-13-20)7-14-21(27)25-18-8-10-19(11-9-18)26-15-3-1-2-4-16-26/h5-14,22H,1-4,15-16H2,(H,25,27)/b14-7+. The van der Waals surface area contributed by atoms with Gasteiger partial charge in [0.2, 0.25) is 5.91 Å². The third-order valence-electron chi connectivity index (χ3n) is 4.64. The van der Waals surface area contributed by atoms with Gasteiger partial charge < -0.3 is 15.0 Å². The Hall–Kier alpha value is -2.89. The number of carbonyl (C=O) groups excluding carboxylic acids is 1. The number of hydrogen-bond donors (Lipinski definition) is 1. The lowest BCUT2D eigenvalue weighted by Crippen LogP contribution is -2.23. The number of benzene rings is 2. The van der Waals surface area contributed by atoms with E-state index in [4.69, 9.17) is 0 Å². The molecule has 6 heteroatoms. The normalized spacial score (nSPS) is 14.9. The van der Waals surface area contributed by atoms with E-state index in [1.165, 1.54) is 49.6 Å². The average Bonchev–Trinajstić information content (AvgIpc) is 2.97. The summed E-state index contributed by atoms with van der Waals surface area (Å²) in [5.74, 6) is -0.170. The van der Waals surface area contributed by atoms with Crippen LogP contribution in [0.25, 0.3) is 6.08 Å². The van der Waals surface area contributed by atoms with Crippen molar-refractivity contribution in [1.29, 1.82) is 0 Å². The highest BCUT2D eigenvalue weighted by Gasteiger charge is 2.10. The van der Waals surface area contributed by atoms with E-state index in [1.807, 2.05) is 24.3 Å². The summed E-state index contributed by atoms with van der Waals surface area (Å²) in [6.45, 7) is -0.691. The number of ether oxygens (including phenoxy) is 1. The van der Waals surface area contributed by atoms with Gasteiger partial charge in [0.15, 0.2) is 0 Å². The number of nitrogens with one attached hydrogen (secondary N) is 1. The fourth-order valence-electron chi connectivity index (χ4n) is 3.20. The molecule has 1 amide bonds. The Morgan fingerprint density at radius 3 is 2.21 bits per heavy atom. The van der Waals surface area contributed by atoms with Crippen LogP contribution in [-0.2, 0) is 4.79 Å². The second kappa shape index (κ2) is 9.88. The number of hydrogen-bond acceptors (Lipinski definition) is 3. The van der Waals surface area contributed by atoms with Gasteiger partial charge in [-0.15, -0.1) is 0 Å². The van der Waals surface area contributed by atoms with E-state index in [9.17, 15) is 13.6 Å². The summed E-state index contributed by atoms with van der Waals surface area (Å²) < 4.78 is 28.6. The molecule has 1 aliphatic heterocycles. The minimum atomic E-state index is -2.85. The fraction of sp³-hybridized carbons (Fsp3) is 0.318. The van der Waals surface area contributed by atoms with Crippen molar-refractivity contribution in [3.05, 3.63) is 60.2 Å². The highest BCUT2D eigenvalue weighted by Crippen LogP contribution is 2.21. The summed E-state index contributed by atoms with van der Waals surface area (Å²) in [5, 5.41) is 2.82. The molecule has 3 rings (SSSR count). The van der Waals surface area contributed by atoms with Crippen LogP contribution in [0.15, 0.2) is 54.6 Å². The Morgan fingerprint density at radius 1 is 0.964 bits per heavy atom. The molecule has 1 aliphatic rings. The second-order valence-corrected chi connectivity index (χ2v) is 6.72. The summed E-state index contributed by atoms with van der Waals surface area (Å²) in [7, 11) is 0. The van der Waals surface area contributed by atoms with Crippen molar-refractivity contribution < 1.29 is 18.3 Å². The lowest BCUT2D eigenvalue weighted by molar-refractivity contribution is -0.111. The number of anilines is 2. The molecule has 0 atom stereocenters. The van der Waals surface area contributed by atoms with Crippen molar-refractivity contribution in [3.63, 3.8) is 0 Å². The van der Waals surface area contributed by atoms with Gasteiger partial charge in [-0.1, -0.05) is 25.0 Å². The predicted octanol–water partition coefficient (Wildman–Crippen LogP) is 5.32. The van der Waals surface area contributed by atoms with Gasteiger partial charge in [0.25, 0.3) is 0 Å². The number of rotatable bonds is 6. The van der Waals surface area contributed by atoms with Crippen LogP contribution in [-0.4, -0.2) is 25.6 Å². The Kier molecular flexibility index (Phi) is 7.00. The molecular weight excluding hydrogens is 362 g/mol. The molecule has 1 fully saturated rings. The first kappa shape index (κ1) is 19.9. The van der Waals surface area contributed by atoms with Gasteiger partial charge in [-0.25, -0.2) is 0 Å². The molecule has 2 aromatic carbocycles. The third kappa shape index (κ3) is 6.08. The third-order valence-corrected chi connectivity index (χ3v) is 4.64. The van der Waals surface area contributed by atoms with Gasteiger partial charge in [-0.3, -0.25) is 4.79 Å². The number of alkyl halides is 2. The molecule has 0 spiro atoms. The molecular formula is C22H24F2N2O2. The smallest absolute Gasteiger partial charge is 0.387 e. The van der Waals surface area contributed by atoms with Crippen LogP contribution in [0.2, 0.25) is 0 Å². The lowest BCUT2D eigenvalue weighted by Gasteiger charge is -2.22. The number of amides is 1. The van der Waals surface area contributed by atoms with Crippen LogP contribution in [0.5, 0.6) is 5.75 Å². The maximum absolute atomic E-state index is 12.1. The first-order chi connectivity index (χ1) is 13.6. The number of halogens is 2. The maximum atomic E-state index is 12.1. The van der Waals surface area contributed by atoms with E-state index in [1.54, 1.807) is 18.2 Å². The van der Waals surface area contributed by atoms with Crippen molar-refractivity contribution in [1.82, 2.24) is 0 Å². The van der Waals surface area contributed by atoms with Gasteiger partial charge in [0.05, 0.1) is 0 Å². The van der Waals surface area contributed by atoms with E-state index in [0.29, 0.717) is 5.56 Å². The fourth-order valence-corrected chi connectivity index (χ4v) is 3.20. The van der Waals surface area contributed by atoms with Crippen LogP contribution in [0.4, 0.5) is 20.2 Å². The van der Waals surface area contributed by atoms with Crippen LogP contribution in [0.1, 0.15) is 31.2 Å². The topological polar surface area (TPSA) is 41.6 Å². The summed E-state index contributed by atoms with van der Waals surface area (Å²) in [5.41, 5.74) is 2.63. The quantitative estimate of drug-likeness (QED) is 0.683. The molecule has 0 aromatic heterocycles. The van der Waals surface area contributed by atoms with Gasteiger partial charge in [0, 0.05) is 30.5 Å². The van der Waals surface area contributed by atoms with E-state index < -0.39 is 6.61 Å². The van der Waals surface area contributed by atoms with Crippen LogP contribution < -0.4 is 15.0 Å². The van der Waals surface area contributed by atoms with Gasteiger partial charge in [0.1, 0.15) is 5.75 Å². The highest BCUT2D eigenvalue weighted by atomic mass is 19.3. The zero-order valence-electron chi connectivity index (χ0n) is 15.6. The number of nitrogens with zero attached hydrogens (tertiary/aromatic N) is 1. The van der Waals surface area contributed by atoms with Crippen molar-refractivity contribution in [2.45, 2.75) is 32.3 Å². The molecule has 0 radical (unpaired) electrons. The second-order valence-electron chi connectivity index (χ2n) is 6.72. The molecule has 28 heavy (non-hydrogen) atoms. The molecule has 0 saturated carbocycles. The average molecular weight is 386 g/mol. The lowest BCUT2D eigenvalue weighted by atomic mass is 10.2. The molecule has 4 nitrogen and oxygen atoms in total. The zero-order chi connectivity index (χ0) is 19.8. The molecule has 1 heterocycles. The first-order valence-electron chi connectivity index (χ1n) is 9.49. The predicted molar refractivity (Wildman–Crippen MR) is 108 cm³/mol. The Bertz CT molecular complexity index is 781. The minimum absolute atomic E-state index is 0.0844. The summed E-state index contributed by atoms with van der Waals surface area (Å²) in [6.07, 6.45) is 8.05. The highest BCUT2D eigenvalue weighted by molar-refractivity contribution is 6.02. The summed E-state index contributed by atoms with van der Waals surface area (Å²) >= 11 is 0. The largest absolute Gasteiger partial charge is 0.435 e. The first-order valence-corrected chi connectivity index (χ1v) is 9.49. The van der Waals surface area contributed by atoms with E-state index >= 15 is 0 Å². The molecule has 2 aromatic rings. The Labute approximate surface area is 163 Å². The van der Waals surface area contributed by atoms with Gasteiger partial charge in [-0.05, 0) is 60.9 Å². The molecule has 0 bridgehead atoms. The van der Waals surface area contributed by atoms with Crippen molar-refractivity contribution in [2.75, 3.05) is 23.3 Å². The summed E-state index contributed by atoms with van der Waals surface area (Å²) in [6, 6.07) is 14.0. The molecule has 1 saturated heterocycles. The van der Waals surface area contributed by atoms with E-state index in [0.717, 1.165) is 18.8 Å². The van der Waals surface area contributed by atoms with Gasteiger partial charge in [-0.2, -0.15) is 8.78 Å². The number of carbonyl (C=O) groups is 1. The van der Waals surface area contributed by atoms with Crippen LogP contribution in [0.3, 0.4) is 0 Å². The minimum Gasteiger partial charge on any atom is -0.435 e. The van der Waals surface area contributed by atoms with Crippen molar-refractivity contribution in [2.24, 2.45) is 0 Å². The van der Waals surface area contributed by atoms with Crippen LogP contribution >= 0.6 is 0 Å². The van der Waals surface area contributed by atoms with Gasteiger partial charge >= 0.3 is 6.61 Å². The molecule has 1 N–H and O–H groups in total. The van der Waals surface area contributed by atoms with E-state index in [2.05, 4.69) is 15.0 Å². The Morgan fingerprint density at radius 2 is 1.61 bits per heavy atom.